The molecule has 98 valence electrons. The van der Waals surface area contributed by atoms with E-state index < -0.39 is 42.6 Å². The number of aliphatic hydroxyl groups excluding tert-OH is 2. The van der Waals surface area contributed by atoms with Crippen LogP contribution in [-0.2, 0) is 23.8 Å². The fourth-order valence-electron chi connectivity index (χ4n) is 1.65. The minimum atomic E-state index is -1.44. The zero-order chi connectivity index (χ0) is 13.2. The first-order chi connectivity index (χ1) is 7.82. The van der Waals surface area contributed by atoms with Crippen LogP contribution in [0.3, 0.4) is 0 Å². The maximum absolute atomic E-state index is 10.9. The van der Waals surface area contributed by atoms with Gasteiger partial charge in [-0.05, 0) is 6.92 Å². The molecule has 1 aliphatic heterocycles. The average molecular weight is 248 g/mol. The Balaban J connectivity index is 2.86. The van der Waals surface area contributed by atoms with E-state index >= 15 is 0 Å². The molecule has 0 radical (unpaired) electrons. The first-order valence-corrected chi connectivity index (χ1v) is 5.19. The van der Waals surface area contributed by atoms with Crippen LogP contribution in [0.4, 0.5) is 0 Å². The maximum Gasteiger partial charge on any atom is 0.303 e. The third-order valence-corrected chi connectivity index (χ3v) is 2.38. The quantitative estimate of drug-likeness (QED) is 0.601. The lowest BCUT2D eigenvalue weighted by atomic mass is 9.99. The van der Waals surface area contributed by atoms with Crippen LogP contribution in [0.15, 0.2) is 0 Å². The van der Waals surface area contributed by atoms with Crippen molar-refractivity contribution >= 4 is 11.9 Å². The van der Waals surface area contributed by atoms with Gasteiger partial charge in [0, 0.05) is 13.8 Å². The van der Waals surface area contributed by atoms with Gasteiger partial charge < -0.3 is 24.4 Å². The second kappa shape index (κ2) is 5.44. The Hall–Kier alpha value is -1.18. The molecule has 0 aromatic rings. The second-order valence-electron chi connectivity index (χ2n) is 3.87. The van der Waals surface area contributed by atoms with Gasteiger partial charge in [0.25, 0.3) is 0 Å². The molecule has 0 unspecified atom stereocenters. The summed E-state index contributed by atoms with van der Waals surface area (Å²) in [5.41, 5.74) is 0. The van der Waals surface area contributed by atoms with Crippen LogP contribution in [0.1, 0.15) is 20.8 Å². The average Bonchev–Trinajstić information content (AvgIpc) is 2.19. The summed E-state index contributed by atoms with van der Waals surface area (Å²) in [6.45, 7) is 3.81. The Bertz CT molecular complexity index is 303. The summed E-state index contributed by atoms with van der Waals surface area (Å²) in [5.74, 6) is -1.32. The third-order valence-electron chi connectivity index (χ3n) is 2.38. The Morgan fingerprint density at radius 2 is 1.53 bits per heavy atom. The standard InChI is InChI=1S/C10H16O7/c1-4-7(13)8(16-5(2)11)9(10(14)15-4)17-6(3)12/h4,7-10,13-14H,1-3H3/t4-,7+,8+,9-,10-/m1/s1. The summed E-state index contributed by atoms with van der Waals surface area (Å²) in [6, 6.07) is 0. The predicted octanol–water partition coefficient (Wildman–Crippen LogP) is -1.05. The lowest BCUT2D eigenvalue weighted by Gasteiger charge is -2.40. The number of ether oxygens (including phenoxy) is 3. The zero-order valence-electron chi connectivity index (χ0n) is 9.82. The van der Waals surface area contributed by atoms with Crippen molar-refractivity contribution in [3.8, 4) is 0 Å². The van der Waals surface area contributed by atoms with Crippen LogP contribution in [0, 0.1) is 0 Å². The van der Waals surface area contributed by atoms with E-state index in [0.29, 0.717) is 0 Å². The van der Waals surface area contributed by atoms with E-state index in [1.54, 1.807) is 0 Å². The van der Waals surface area contributed by atoms with Crippen LogP contribution in [0.2, 0.25) is 0 Å². The monoisotopic (exact) mass is 248 g/mol. The SMILES string of the molecule is CC(=O)O[C@@H]1[C@@H](OC(C)=O)[C@@H](O)[C@@H](C)O[C@H]1O. The van der Waals surface area contributed by atoms with Crippen molar-refractivity contribution in [1.82, 2.24) is 0 Å². The third kappa shape index (κ3) is 3.39. The fraction of sp³-hybridized carbons (Fsp3) is 0.800. The minimum absolute atomic E-state index is 0.646. The summed E-state index contributed by atoms with van der Waals surface area (Å²) in [5, 5.41) is 19.4. The van der Waals surface area contributed by atoms with Gasteiger partial charge in [-0.3, -0.25) is 9.59 Å². The Morgan fingerprint density at radius 1 is 1.06 bits per heavy atom. The van der Waals surface area contributed by atoms with Crippen LogP contribution in [0.5, 0.6) is 0 Å². The summed E-state index contributed by atoms with van der Waals surface area (Å²) in [4.78, 5) is 21.8. The Morgan fingerprint density at radius 3 is 2.00 bits per heavy atom. The molecule has 0 aromatic carbocycles. The lowest BCUT2D eigenvalue weighted by molar-refractivity contribution is -0.285. The molecule has 0 bridgehead atoms. The molecular formula is C10H16O7. The molecule has 1 fully saturated rings. The van der Waals surface area contributed by atoms with E-state index in [4.69, 9.17) is 14.2 Å². The number of carbonyl (C=O) groups is 2. The molecule has 1 aliphatic rings. The molecule has 5 atom stereocenters. The number of rotatable bonds is 2. The number of aliphatic hydroxyl groups is 2. The molecule has 0 saturated carbocycles. The Kier molecular flexibility index (Phi) is 4.44. The van der Waals surface area contributed by atoms with Crippen molar-refractivity contribution in [2.24, 2.45) is 0 Å². The smallest absolute Gasteiger partial charge is 0.303 e. The van der Waals surface area contributed by atoms with E-state index in [9.17, 15) is 19.8 Å². The highest BCUT2D eigenvalue weighted by Crippen LogP contribution is 2.24. The normalized spacial score (nSPS) is 37.4. The number of hydrogen-bond donors (Lipinski definition) is 2. The van der Waals surface area contributed by atoms with Crippen molar-refractivity contribution in [3.05, 3.63) is 0 Å². The van der Waals surface area contributed by atoms with Crippen LogP contribution in [0.25, 0.3) is 0 Å². The van der Waals surface area contributed by atoms with Gasteiger partial charge in [-0.25, -0.2) is 0 Å². The highest BCUT2D eigenvalue weighted by atomic mass is 16.7. The minimum Gasteiger partial charge on any atom is -0.455 e. The van der Waals surface area contributed by atoms with E-state index in [1.807, 2.05) is 0 Å². The molecule has 2 N–H and O–H groups in total. The number of esters is 2. The van der Waals surface area contributed by atoms with E-state index in [1.165, 1.54) is 6.92 Å². The molecule has 0 aromatic heterocycles. The summed E-state index contributed by atoms with van der Waals surface area (Å²) in [7, 11) is 0. The molecular weight excluding hydrogens is 232 g/mol. The van der Waals surface area contributed by atoms with Crippen LogP contribution in [-0.4, -0.2) is 52.9 Å². The summed E-state index contributed by atoms with van der Waals surface area (Å²) in [6.07, 6.45) is -5.73. The van der Waals surface area contributed by atoms with Gasteiger partial charge in [0.2, 0.25) is 0 Å². The highest BCUT2D eigenvalue weighted by Gasteiger charge is 2.47. The molecule has 0 spiro atoms. The lowest BCUT2D eigenvalue weighted by Crippen LogP contribution is -2.59. The first-order valence-electron chi connectivity index (χ1n) is 5.19. The molecule has 17 heavy (non-hydrogen) atoms. The van der Waals surface area contributed by atoms with E-state index in [0.717, 1.165) is 13.8 Å². The van der Waals surface area contributed by atoms with Gasteiger partial charge in [0.05, 0.1) is 6.10 Å². The van der Waals surface area contributed by atoms with E-state index in [2.05, 4.69) is 0 Å². The van der Waals surface area contributed by atoms with Gasteiger partial charge >= 0.3 is 11.9 Å². The van der Waals surface area contributed by atoms with Crippen molar-refractivity contribution in [2.45, 2.75) is 51.5 Å². The predicted molar refractivity (Wildman–Crippen MR) is 53.7 cm³/mol. The molecule has 1 saturated heterocycles. The first kappa shape index (κ1) is 13.9. The molecule has 7 nitrogen and oxygen atoms in total. The number of hydrogen-bond acceptors (Lipinski definition) is 7. The van der Waals surface area contributed by atoms with Crippen molar-refractivity contribution in [2.75, 3.05) is 0 Å². The van der Waals surface area contributed by atoms with Gasteiger partial charge in [0.1, 0.15) is 6.10 Å². The van der Waals surface area contributed by atoms with Crippen LogP contribution >= 0.6 is 0 Å². The largest absolute Gasteiger partial charge is 0.455 e. The van der Waals surface area contributed by atoms with Crippen molar-refractivity contribution in [3.63, 3.8) is 0 Å². The van der Waals surface area contributed by atoms with Crippen molar-refractivity contribution in [1.29, 1.82) is 0 Å². The molecule has 0 amide bonds. The van der Waals surface area contributed by atoms with Gasteiger partial charge in [0.15, 0.2) is 18.5 Å². The topological polar surface area (TPSA) is 102 Å². The summed E-state index contributed by atoms with van der Waals surface area (Å²) >= 11 is 0. The van der Waals surface area contributed by atoms with Gasteiger partial charge in [-0.1, -0.05) is 0 Å². The maximum atomic E-state index is 10.9. The molecule has 1 heterocycles. The van der Waals surface area contributed by atoms with Crippen LogP contribution < -0.4 is 0 Å². The van der Waals surface area contributed by atoms with Gasteiger partial charge in [-0.15, -0.1) is 0 Å². The Labute approximate surface area is 98.3 Å². The zero-order valence-corrected chi connectivity index (χ0v) is 9.82. The summed E-state index contributed by atoms with van der Waals surface area (Å²) < 4.78 is 14.6. The van der Waals surface area contributed by atoms with Gasteiger partial charge in [-0.2, -0.15) is 0 Å². The highest BCUT2D eigenvalue weighted by molar-refractivity contribution is 5.67. The molecule has 7 heteroatoms. The molecule has 1 rings (SSSR count). The second-order valence-corrected chi connectivity index (χ2v) is 3.87. The van der Waals surface area contributed by atoms with E-state index in [-0.39, 0.29) is 0 Å². The van der Waals surface area contributed by atoms with Crippen molar-refractivity contribution < 1.29 is 34.0 Å². The number of carbonyl (C=O) groups excluding carboxylic acids is 2. The molecule has 0 aliphatic carbocycles. The fourth-order valence-corrected chi connectivity index (χ4v) is 1.65.